The summed E-state index contributed by atoms with van der Waals surface area (Å²) in [5.74, 6) is 0.857. The number of ether oxygens (including phenoxy) is 1. The molecule has 1 aromatic carbocycles. The second-order valence-corrected chi connectivity index (χ2v) is 4.11. The average molecular weight is 209 g/mol. The van der Waals surface area contributed by atoms with Crippen molar-refractivity contribution in [2.24, 2.45) is 5.73 Å². The van der Waals surface area contributed by atoms with Crippen LogP contribution in [0.3, 0.4) is 0 Å². The molecule has 0 aliphatic rings. The molecule has 1 aromatic rings. The van der Waals surface area contributed by atoms with Crippen LogP contribution >= 0.6 is 0 Å². The number of aliphatic hydroxyl groups is 1. The van der Waals surface area contributed by atoms with Crippen molar-refractivity contribution in [2.75, 3.05) is 20.3 Å². The largest absolute Gasteiger partial charge is 0.496 e. The van der Waals surface area contributed by atoms with Crippen LogP contribution in [0.2, 0.25) is 0 Å². The highest BCUT2D eigenvalue weighted by molar-refractivity contribution is 5.39. The summed E-state index contributed by atoms with van der Waals surface area (Å²) in [4.78, 5) is 0. The van der Waals surface area contributed by atoms with Crippen LogP contribution in [0, 0.1) is 6.92 Å². The van der Waals surface area contributed by atoms with Crippen LogP contribution < -0.4 is 10.5 Å². The standard InChI is InChI=1S/C12H19NO2/c1-9-6-10(4-5-11(9)15-3)12(2,7-13)8-14/h4-6,14H,7-8,13H2,1-3H3. The molecule has 3 nitrogen and oxygen atoms in total. The predicted octanol–water partition coefficient (Wildman–Crippen LogP) is 1.21. The number of benzene rings is 1. The van der Waals surface area contributed by atoms with Crippen LogP contribution in [-0.2, 0) is 5.41 Å². The molecule has 0 aliphatic heterocycles. The van der Waals surface area contributed by atoms with Gasteiger partial charge in [-0.15, -0.1) is 0 Å². The van der Waals surface area contributed by atoms with E-state index in [1.54, 1.807) is 7.11 Å². The number of aryl methyl sites for hydroxylation is 1. The van der Waals surface area contributed by atoms with Crippen LogP contribution in [0.25, 0.3) is 0 Å². The van der Waals surface area contributed by atoms with Gasteiger partial charge in [-0.2, -0.15) is 0 Å². The predicted molar refractivity (Wildman–Crippen MR) is 61.2 cm³/mol. The zero-order valence-corrected chi connectivity index (χ0v) is 9.58. The fourth-order valence-corrected chi connectivity index (χ4v) is 1.53. The smallest absolute Gasteiger partial charge is 0.121 e. The Labute approximate surface area is 90.9 Å². The molecule has 0 saturated carbocycles. The van der Waals surface area contributed by atoms with Crippen molar-refractivity contribution in [3.63, 3.8) is 0 Å². The summed E-state index contributed by atoms with van der Waals surface area (Å²) in [6, 6.07) is 5.88. The maximum Gasteiger partial charge on any atom is 0.121 e. The quantitative estimate of drug-likeness (QED) is 0.783. The minimum atomic E-state index is -0.364. The van der Waals surface area contributed by atoms with E-state index in [-0.39, 0.29) is 12.0 Å². The van der Waals surface area contributed by atoms with Gasteiger partial charge in [0.25, 0.3) is 0 Å². The molecule has 0 aliphatic carbocycles. The first kappa shape index (κ1) is 12.0. The van der Waals surface area contributed by atoms with Gasteiger partial charge in [0.05, 0.1) is 13.7 Å². The molecule has 84 valence electrons. The summed E-state index contributed by atoms with van der Waals surface area (Å²) in [5.41, 5.74) is 7.42. The molecule has 1 rings (SSSR count). The van der Waals surface area contributed by atoms with E-state index in [9.17, 15) is 5.11 Å². The van der Waals surface area contributed by atoms with Gasteiger partial charge < -0.3 is 15.6 Å². The Bertz CT molecular complexity index is 332. The average Bonchev–Trinajstić information content (AvgIpc) is 2.28. The molecular weight excluding hydrogens is 190 g/mol. The molecule has 3 heteroatoms. The highest BCUT2D eigenvalue weighted by Crippen LogP contribution is 2.27. The summed E-state index contributed by atoms with van der Waals surface area (Å²) in [6.07, 6.45) is 0. The molecule has 0 aromatic heterocycles. The molecule has 0 amide bonds. The van der Waals surface area contributed by atoms with Crippen molar-refractivity contribution in [2.45, 2.75) is 19.3 Å². The summed E-state index contributed by atoms with van der Waals surface area (Å²) in [5, 5.41) is 9.34. The van der Waals surface area contributed by atoms with Gasteiger partial charge in [0.15, 0.2) is 0 Å². The summed E-state index contributed by atoms with van der Waals surface area (Å²) < 4.78 is 5.19. The monoisotopic (exact) mass is 209 g/mol. The number of hydrogen-bond donors (Lipinski definition) is 2. The van der Waals surface area contributed by atoms with Crippen molar-refractivity contribution in [1.29, 1.82) is 0 Å². The third kappa shape index (κ3) is 2.30. The highest BCUT2D eigenvalue weighted by Gasteiger charge is 2.24. The topological polar surface area (TPSA) is 55.5 Å². The van der Waals surface area contributed by atoms with Gasteiger partial charge in [0, 0.05) is 12.0 Å². The Morgan fingerprint density at radius 1 is 1.47 bits per heavy atom. The maximum absolute atomic E-state index is 9.34. The first-order chi connectivity index (χ1) is 7.07. The molecular formula is C12H19NO2. The van der Waals surface area contributed by atoms with Gasteiger partial charge in [-0.1, -0.05) is 19.1 Å². The van der Waals surface area contributed by atoms with E-state index in [0.717, 1.165) is 16.9 Å². The maximum atomic E-state index is 9.34. The van der Waals surface area contributed by atoms with E-state index in [0.29, 0.717) is 6.54 Å². The number of hydrogen-bond acceptors (Lipinski definition) is 3. The molecule has 0 heterocycles. The van der Waals surface area contributed by atoms with Crippen LogP contribution in [0.1, 0.15) is 18.1 Å². The van der Waals surface area contributed by atoms with Crippen LogP contribution in [-0.4, -0.2) is 25.4 Å². The minimum Gasteiger partial charge on any atom is -0.496 e. The second kappa shape index (κ2) is 4.64. The van der Waals surface area contributed by atoms with Gasteiger partial charge in [0.1, 0.15) is 5.75 Å². The van der Waals surface area contributed by atoms with Gasteiger partial charge in [-0.25, -0.2) is 0 Å². The van der Waals surface area contributed by atoms with Crippen LogP contribution in [0.4, 0.5) is 0 Å². The van der Waals surface area contributed by atoms with Crippen molar-refractivity contribution in [1.82, 2.24) is 0 Å². The first-order valence-corrected chi connectivity index (χ1v) is 5.03. The molecule has 1 unspecified atom stereocenters. The first-order valence-electron chi connectivity index (χ1n) is 5.03. The Morgan fingerprint density at radius 3 is 2.53 bits per heavy atom. The lowest BCUT2D eigenvalue weighted by atomic mass is 9.83. The molecule has 3 N–H and O–H groups in total. The normalized spacial score (nSPS) is 14.7. The molecule has 1 atom stereocenters. The SMILES string of the molecule is COc1ccc(C(C)(CN)CO)cc1C. The fourth-order valence-electron chi connectivity index (χ4n) is 1.53. The van der Waals surface area contributed by atoms with Crippen LogP contribution in [0.5, 0.6) is 5.75 Å². The molecule has 0 fully saturated rings. The molecule has 0 bridgehead atoms. The lowest BCUT2D eigenvalue weighted by Gasteiger charge is -2.26. The van der Waals surface area contributed by atoms with E-state index in [1.165, 1.54) is 0 Å². The number of rotatable bonds is 4. The molecule has 0 spiro atoms. The Kier molecular flexibility index (Phi) is 3.72. The zero-order valence-electron chi connectivity index (χ0n) is 9.58. The zero-order chi connectivity index (χ0) is 11.5. The van der Waals surface area contributed by atoms with Gasteiger partial charge in [-0.3, -0.25) is 0 Å². The Balaban J connectivity index is 3.11. The van der Waals surface area contributed by atoms with Crippen molar-refractivity contribution in [3.8, 4) is 5.75 Å². The van der Waals surface area contributed by atoms with Gasteiger partial charge in [0.2, 0.25) is 0 Å². The van der Waals surface area contributed by atoms with E-state index in [1.807, 2.05) is 32.0 Å². The van der Waals surface area contributed by atoms with Gasteiger partial charge in [-0.05, 0) is 24.1 Å². The highest BCUT2D eigenvalue weighted by atomic mass is 16.5. The summed E-state index contributed by atoms with van der Waals surface area (Å²) in [6.45, 7) is 4.41. The number of methoxy groups -OCH3 is 1. The Morgan fingerprint density at radius 2 is 2.13 bits per heavy atom. The van der Waals surface area contributed by atoms with E-state index >= 15 is 0 Å². The fraction of sp³-hybridized carbons (Fsp3) is 0.500. The lowest BCUT2D eigenvalue weighted by Crippen LogP contribution is -2.35. The minimum absolute atomic E-state index is 0.0509. The van der Waals surface area contributed by atoms with E-state index < -0.39 is 0 Å². The Hall–Kier alpha value is -1.06. The second-order valence-electron chi connectivity index (χ2n) is 4.11. The number of nitrogens with two attached hydrogens (primary N) is 1. The van der Waals surface area contributed by atoms with E-state index in [2.05, 4.69) is 0 Å². The molecule has 0 radical (unpaired) electrons. The van der Waals surface area contributed by atoms with E-state index in [4.69, 9.17) is 10.5 Å². The van der Waals surface area contributed by atoms with Crippen LogP contribution in [0.15, 0.2) is 18.2 Å². The summed E-state index contributed by atoms with van der Waals surface area (Å²) in [7, 11) is 1.65. The van der Waals surface area contributed by atoms with Crippen molar-refractivity contribution >= 4 is 0 Å². The molecule has 15 heavy (non-hydrogen) atoms. The van der Waals surface area contributed by atoms with Crippen molar-refractivity contribution in [3.05, 3.63) is 29.3 Å². The van der Waals surface area contributed by atoms with Gasteiger partial charge >= 0.3 is 0 Å². The number of aliphatic hydroxyl groups excluding tert-OH is 1. The lowest BCUT2D eigenvalue weighted by molar-refractivity contribution is 0.210. The third-order valence-corrected chi connectivity index (χ3v) is 2.89. The molecule has 0 saturated heterocycles. The summed E-state index contributed by atoms with van der Waals surface area (Å²) >= 11 is 0. The van der Waals surface area contributed by atoms with Crippen molar-refractivity contribution < 1.29 is 9.84 Å². The third-order valence-electron chi connectivity index (χ3n) is 2.89.